The molecule has 1 aliphatic carbocycles. The van der Waals surface area contributed by atoms with Crippen LogP contribution in [-0.2, 0) is 4.79 Å². The molecule has 1 saturated carbocycles. The van der Waals surface area contributed by atoms with Gasteiger partial charge in [-0.15, -0.1) is 0 Å². The Kier molecular flexibility index (Phi) is 2.56. The molecule has 0 atom stereocenters. The van der Waals surface area contributed by atoms with E-state index >= 15 is 0 Å². The van der Waals surface area contributed by atoms with Gasteiger partial charge in [0.1, 0.15) is 12.2 Å². The van der Waals surface area contributed by atoms with Crippen molar-refractivity contribution in [1.29, 1.82) is 0 Å². The number of urea groups is 1. The van der Waals surface area contributed by atoms with Crippen LogP contribution in [0.2, 0.25) is 0 Å². The molecule has 2 aromatic rings. The summed E-state index contributed by atoms with van der Waals surface area (Å²) in [6.07, 6.45) is 6.20. The summed E-state index contributed by atoms with van der Waals surface area (Å²) in [7, 11) is 1.44. The molecule has 8 nitrogen and oxygen atoms in total. The van der Waals surface area contributed by atoms with E-state index in [0.29, 0.717) is 23.7 Å². The van der Waals surface area contributed by atoms with Gasteiger partial charge >= 0.3 is 6.03 Å². The standard InChI is InChI=1S/C14H13N5O3/c1-17-11(21)6-19(14(17)22)13-12-15-9(7-20)4-18(12)5-10(16-13)8-2-3-8/h4-5,7-8H,2-3,6H2,1H3. The van der Waals surface area contributed by atoms with Crippen molar-refractivity contribution in [2.24, 2.45) is 0 Å². The van der Waals surface area contributed by atoms with E-state index in [-0.39, 0.29) is 18.1 Å². The van der Waals surface area contributed by atoms with Gasteiger partial charge in [-0.3, -0.25) is 19.4 Å². The van der Waals surface area contributed by atoms with E-state index in [1.54, 1.807) is 10.6 Å². The summed E-state index contributed by atoms with van der Waals surface area (Å²) < 4.78 is 1.70. The van der Waals surface area contributed by atoms with Crippen molar-refractivity contribution in [2.45, 2.75) is 18.8 Å². The Bertz CT molecular complexity index is 823. The number of imide groups is 1. The minimum absolute atomic E-state index is 0.0601. The van der Waals surface area contributed by atoms with Crippen LogP contribution in [0.3, 0.4) is 0 Å². The number of likely N-dealkylation sites (N-methyl/N-ethyl adjacent to an activating group) is 1. The van der Waals surface area contributed by atoms with Crippen molar-refractivity contribution in [3.63, 3.8) is 0 Å². The molecule has 1 saturated heterocycles. The van der Waals surface area contributed by atoms with Gasteiger partial charge < -0.3 is 4.40 Å². The van der Waals surface area contributed by atoms with Crippen molar-refractivity contribution >= 4 is 29.7 Å². The van der Waals surface area contributed by atoms with Gasteiger partial charge in [0.05, 0.1) is 5.69 Å². The summed E-state index contributed by atoms with van der Waals surface area (Å²) in [5.74, 6) is 0.417. The molecule has 22 heavy (non-hydrogen) atoms. The van der Waals surface area contributed by atoms with Gasteiger partial charge in [0.25, 0.3) is 5.91 Å². The monoisotopic (exact) mass is 299 g/mol. The topological polar surface area (TPSA) is 87.9 Å². The second-order valence-electron chi connectivity index (χ2n) is 5.60. The summed E-state index contributed by atoms with van der Waals surface area (Å²) >= 11 is 0. The van der Waals surface area contributed by atoms with Crippen LogP contribution in [0.15, 0.2) is 12.4 Å². The van der Waals surface area contributed by atoms with Gasteiger partial charge in [0.15, 0.2) is 17.8 Å². The van der Waals surface area contributed by atoms with E-state index in [9.17, 15) is 14.4 Å². The predicted molar refractivity (Wildman–Crippen MR) is 75.9 cm³/mol. The van der Waals surface area contributed by atoms with Crippen molar-refractivity contribution in [3.05, 3.63) is 23.8 Å². The van der Waals surface area contributed by atoms with Gasteiger partial charge in [-0.25, -0.2) is 14.8 Å². The molecular formula is C14H13N5O3. The van der Waals surface area contributed by atoms with Crippen molar-refractivity contribution in [2.75, 3.05) is 18.5 Å². The number of carbonyl (C=O) groups excluding carboxylic acids is 3. The van der Waals surface area contributed by atoms with Gasteiger partial charge in [-0.05, 0) is 12.8 Å². The first-order valence-corrected chi connectivity index (χ1v) is 7.01. The third-order valence-corrected chi connectivity index (χ3v) is 4.01. The Morgan fingerprint density at radius 2 is 2.00 bits per heavy atom. The maximum absolute atomic E-state index is 12.2. The minimum Gasteiger partial charge on any atom is -0.301 e. The molecule has 112 valence electrons. The van der Waals surface area contributed by atoms with Crippen molar-refractivity contribution in [1.82, 2.24) is 19.3 Å². The first-order valence-electron chi connectivity index (χ1n) is 7.01. The van der Waals surface area contributed by atoms with Gasteiger partial charge in [0, 0.05) is 25.4 Å². The summed E-state index contributed by atoms with van der Waals surface area (Å²) in [4.78, 5) is 46.0. The smallest absolute Gasteiger partial charge is 0.301 e. The van der Waals surface area contributed by atoms with E-state index in [1.807, 2.05) is 6.20 Å². The molecule has 3 amide bonds. The van der Waals surface area contributed by atoms with Crippen LogP contribution in [0.1, 0.15) is 34.9 Å². The number of nitrogens with zero attached hydrogens (tertiary/aromatic N) is 5. The number of amides is 3. The molecule has 0 aromatic carbocycles. The van der Waals surface area contributed by atoms with Gasteiger partial charge in [0.2, 0.25) is 0 Å². The van der Waals surface area contributed by atoms with Crippen LogP contribution in [0, 0.1) is 0 Å². The molecule has 4 rings (SSSR count). The van der Waals surface area contributed by atoms with E-state index in [0.717, 1.165) is 23.4 Å². The molecule has 2 fully saturated rings. The molecule has 2 aliphatic rings. The number of carbonyl (C=O) groups is 3. The fourth-order valence-corrected chi connectivity index (χ4v) is 2.60. The Morgan fingerprint density at radius 3 is 2.59 bits per heavy atom. The third-order valence-electron chi connectivity index (χ3n) is 4.01. The lowest BCUT2D eigenvalue weighted by atomic mass is 10.3. The normalized spacial score (nSPS) is 18.6. The van der Waals surface area contributed by atoms with E-state index in [4.69, 9.17) is 0 Å². The molecule has 0 unspecified atom stereocenters. The first kappa shape index (κ1) is 12.9. The predicted octanol–water partition coefficient (Wildman–Crippen LogP) is 0.818. The average molecular weight is 299 g/mol. The molecular weight excluding hydrogens is 286 g/mol. The highest BCUT2D eigenvalue weighted by Crippen LogP contribution is 2.40. The highest BCUT2D eigenvalue weighted by molar-refractivity contribution is 6.12. The second-order valence-corrected chi connectivity index (χ2v) is 5.60. The van der Waals surface area contributed by atoms with Crippen LogP contribution in [0.25, 0.3) is 5.65 Å². The fraction of sp³-hybridized carbons (Fsp3) is 0.357. The molecule has 2 aromatic heterocycles. The lowest BCUT2D eigenvalue weighted by Gasteiger charge is -2.15. The second kappa shape index (κ2) is 4.36. The van der Waals surface area contributed by atoms with Crippen LogP contribution in [-0.4, -0.2) is 51.1 Å². The first-order chi connectivity index (χ1) is 10.6. The number of aromatic nitrogens is 3. The molecule has 1 aliphatic heterocycles. The summed E-state index contributed by atoms with van der Waals surface area (Å²) in [6.45, 7) is -0.0601. The van der Waals surface area contributed by atoms with Crippen molar-refractivity contribution in [3.8, 4) is 0 Å². The summed E-state index contributed by atoms with van der Waals surface area (Å²) in [6, 6.07) is -0.428. The van der Waals surface area contributed by atoms with E-state index in [2.05, 4.69) is 9.97 Å². The summed E-state index contributed by atoms with van der Waals surface area (Å²) in [5.41, 5.74) is 1.53. The van der Waals surface area contributed by atoms with Gasteiger partial charge in [-0.2, -0.15) is 0 Å². The molecule has 3 heterocycles. The molecule has 0 N–H and O–H groups in total. The Morgan fingerprint density at radius 1 is 1.23 bits per heavy atom. The Labute approximate surface area is 125 Å². The lowest BCUT2D eigenvalue weighted by molar-refractivity contribution is -0.123. The number of imidazole rings is 1. The minimum atomic E-state index is -0.428. The third kappa shape index (κ3) is 1.80. The quantitative estimate of drug-likeness (QED) is 0.618. The van der Waals surface area contributed by atoms with Gasteiger partial charge in [-0.1, -0.05) is 0 Å². The fourth-order valence-electron chi connectivity index (χ4n) is 2.60. The number of hydrogen-bond acceptors (Lipinski definition) is 5. The highest BCUT2D eigenvalue weighted by atomic mass is 16.2. The molecule has 0 bridgehead atoms. The zero-order valence-electron chi connectivity index (χ0n) is 11.9. The Balaban J connectivity index is 1.91. The van der Waals surface area contributed by atoms with Crippen LogP contribution in [0.5, 0.6) is 0 Å². The number of aldehydes is 1. The van der Waals surface area contributed by atoms with Crippen LogP contribution in [0.4, 0.5) is 10.6 Å². The molecule has 0 spiro atoms. The maximum atomic E-state index is 12.2. The molecule has 8 heteroatoms. The van der Waals surface area contributed by atoms with E-state index in [1.165, 1.54) is 11.9 Å². The Hall–Kier alpha value is -2.77. The number of anilines is 1. The number of rotatable bonds is 3. The average Bonchev–Trinajstić information content (AvgIpc) is 3.23. The van der Waals surface area contributed by atoms with E-state index < -0.39 is 6.03 Å². The highest BCUT2D eigenvalue weighted by Gasteiger charge is 2.37. The zero-order valence-corrected chi connectivity index (χ0v) is 11.9. The maximum Gasteiger partial charge on any atom is 0.332 e. The lowest BCUT2D eigenvalue weighted by Crippen LogP contribution is -2.31. The zero-order chi connectivity index (χ0) is 15.4. The number of fused-ring (bicyclic) bond motifs is 1. The molecule has 0 radical (unpaired) electrons. The van der Waals surface area contributed by atoms with Crippen LogP contribution >= 0.6 is 0 Å². The SMILES string of the molecule is CN1C(=O)CN(c2nc(C3CC3)cn3cc(C=O)nc23)C1=O. The van der Waals surface area contributed by atoms with Crippen molar-refractivity contribution < 1.29 is 14.4 Å². The summed E-state index contributed by atoms with van der Waals surface area (Å²) in [5, 5.41) is 0. The van der Waals surface area contributed by atoms with Crippen LogP contribution < -0.4 is 4.90 Å². The number of hydrogen-bond donors (Lipinski definition) is 0. The largest absolute Gasteiger partial charge is 0.332 e.